The fourth-order valence-electron chi connectivity index (χ4n) is 3.58. The van der Waals surface area contributed by atoms with Crippen LogP contribution in [0.5, 0.6) is 5.75 Å². The molecule has 6 nitrogen and oxygen atoms in total. The molecule has 0 saturated heterocycles. The summed E-state index contributed by atoms with van der Waals surface area (Å²) in [6.45, 7) is 7.69. The predicted octanol–water partition coefficient (Wildman–Crippen LogP) is 4.50. The molecule has 1 aromatic rings. The summed E-state index contributed by atoms with van der Waals surface area (Å²) >= 11 is 0. The molecular weight excluding hydrogens is 404 g/mol. The Morgan fingerprint density at radius 2 is 1.47 bits per heavy atom. The van der Waals surface area contributed by atoms with Crippen LogP contribution >= 0.6 is 0 Å². The van der Waals surface area contributed by atoms with E-state index in [-0.39, 0.29) is 23.6 Å². The number of benzene rings is 1. The summed E-state index contributed by atoms with van der Waals surface area (Å²) in [5, 5.41) is 0. The minimum atomic E-state index is -0.748. The number of likely N-dealkylation sites (N-methyl/N-ethyl adjacent to an activating group) is 2. The van der Waals surface area contributed by atoms with Crippen LogP contribution in [-0.2, 0) is 20.8 Å². The SMILES string of the molecule is CCCCCCCC(=O)[C@H](C)C(=O)N(C)[C@H](Cc1ccc(OC)cc1)C(=O)N(C)C(C)C. The third-order valence-electron chi connectivity index (χ3n) is 6.19. The molecule has 0 heterocycles. The highest BCUT2D eigenvalue weighted by molar-refractivity contribution is 6.02. The van der Waals surface area contributed by atoms with Crippen LogP contribution in [0.4, 0.5) is 0 Å². The van der Waals surface area contributed by atoms with Crippen LogP contribution in [-0.4, -0.2) is 60.7 Å². The molecule has 0 aliphatic rings. The number of nitrogens with zero attached hydrogens (tertiary/aromatic N) is 2. The monoisotopic (exact) mass is 446 g/mol. The summed E-state index contributed by atoms with van der Waals surface area (Å²) < 4.78 is 5.21. The van der Waals surface area contributed by atoms with E-state index in [0.717, 1.165) is 37.0 Å². The molecule has 0 bridgehead atoms. The minimum Gasteiger partial charge on any atom is -0.497 e. The number of unbranched alkanes of at least 4 members (excludes halogenated alkanes) is 4. The Hall–Kier alpha value is -2.37. The highest BCUT2D eigenvalue weighted by Crippen LogP contribution is 2.19. The highest BCUT2D eigenvalue weighted by atomic mass is 16.5. The topological polar surface area (TPSA) is 66.9 Å². The third kappa shape index (κ3) is 8.29. The van der Waals surface area contributed by atoms with Crippen LogP contribution in [0.15, 0.2) is 24.3 Å². The summed E-state index contributed by atoms with van der Waals surface area (Å²) in [4.78, 5) is 42.2. The van der Waals surface area contributed by atoms with Crippen molar-refractivity contribution in [1.82, 2.24) is 9.80 Å². The Morgan fingerprint density at radius 1 is 0.875 bits per heavy atom. The first-order chi connectivity index (χ1) is 15.1. The van der Waals surface area contributed by atoms with Gasteiger partial charge in [0.05, 0.1) is 13.0 Å². The van der Waals surface area contributed by atoms with Gasteiger partial charge in [0.25, 0.3) is 0 Å². The van der Waals surface area contributed by atoms with Gasteiger partial charge in [0.1, 0.15) is 17.6 Å². The van der Waals surface area contributed by atoms with Gasteiger partial charge in [-0.2, -0.15) is 0 Å². The molecule has 6 heteroatoms. The fourth-order valence-corrected chi connectivity index (χ4v) is 3.58. The zero-order valence-electron chi connectivity index (χ0n) is 21.0. The number of ether oxygens (including phenoxy) is 1. The lowest BCUT2D eigenvalue weighted by molar-refractivity contribution is -0.149. The van der Waals surface area contributed by atoms with E-state index in [1.54, 1.807) is 33.0 Å². The highest BCUT2D eigenvalue weighted by Gasteiger charge is 2.34. The van der Waals surface area contributed by atoms with Gasteiger partial charge < -0.3 is 14.5 Å². The largest absolute Gasteiger partial charge is 0.497 e. The number of methoxy groups -OCH3 is 1. The second-order valence-corrected chi connectivity index (χ2v) is 8.91. The van der Waals surface area contributed by atoms with Crippen molar-refractivity contribution in [2.75, 3.05) is 21.2 Å². The molecule has 0 aliphatic carbocycles. The average Bonchev–Trinajstić information content (AvgIpc) is 2.80. The van der Waals surface area contributed by atoms with E-state index in [9.17, 15) is 14.4 Å². The maximum Gasteiger partial charge on any atom is 0.245 e. The number of rotatable bonds is 14. The maximum absolute atomic E-state index is 13.2. The maximum atomic E-state index is 13.2. The molecule has 0 fully saturated rings. The van der Waals surface area contributed by atoms with Gasteiger partial charge in [0.2, 0.25) is 11.8 Å². The molecule has 0 aromatic heterocycles. The minimum absolute atomic E-state index is 0.00606. The Morgan fingerprint density at radius 3 is 2.00 bits per heavy atom. The Kier molecular flexibility index (Phi) is 12.0. The van der Waals surface area contributed by atoms with Gasteiger partial charge in [-0.15, -0.1) is 0 Å². The lowest BCUT2D eigenvalue weighted by atomic mass is 9.97. The van der Waals surface area contributed by atoms with Crippen molar-refractivity contribution in [2.45, 2.75) is 84.7 Å². The van der Waals surface area contributed by atoms with Gasteiger partial charge in [0, 0.05) is 33.0 Å². The smallest absolute Gasteiger partial charge is 0.245 e. The van der Waals surface area contributed by atoms with Crippen molar-refractivity contribution in [1.29, 1.82) is 0 Å². The van der Waals surface area contributed by atoms with E-state index in [1.807, 2.05) is 38.1 Å². The van der Waals surface area contributed by atoms with Crippen molar-refractivity contribution >= 4 is 17.6 Å². The van der Waals surface area contributed by atoms with Gasteiger partial charge in [-0.25, -0.2) is 0 Å². The fraction of sp³-hybridized carbons (Fsp3) is 0.654. The molecule has 2 atom stereocenters. The van der Waals surface area contributed by atoms with Gasteiger partial charge in [-0.1, -0.05) is 44.7 Å². The van der Waals surface area contributed by atoms with Crippen molar-refractivity contribution < 1.29 is 19.1 Å². The van der Waals surface area contributed by atoms with Gasteiger partial charge in [-0.3, -0.25) is 14.4 Å². The molecule has 0 saturated carbocycles. The van der Waals surface area contributed by atoms with Crippen LogP contribution in [0.25, 0.3) is 0 Å². The van der Waals surface area contributed by atoms with Gasteiger partial charge >= 0.3 is 0 Å². The Bertz CT molecular complexity index is 730. The number of carbonyl (C=O) groups excluding carboxylic acids is 3. The second-order valence-electron chi connectivity index (χ2n) is 8.91. The van der Waals surface area contributed by atoms with Crippen LogP contribution in [0.2, 0.25) is 0 Å². The lowest BCUT2D eigenvalue weighted by Gasteiger charge is -2.33. The van der Waals surface area contributed by atoms with Crippen molar-refractivity contribution in [3.8, 4) is 5.75 Å². The van der Waals surface area contributed by atoms with Crippen LogP contribution < -0.4 is 4.74 Å². The lowest BCUT2D eigenvalue weighted by Crippen LogP contribution is -2.52. The molecule has 180 valence electrons. The first-order valence-corrected chi connectivity index (χ1v) is 11.8. The summed E-state index contributed by atoms with van der Waals surface area (Å²) in [6.07, 6.45) is 6.05. The molecule has 0 radical (unpaired) electrons. The number of hydrogen-bond acceptors (Lipinski definition) is 4. The Labute approximate surface area is 194 Å². The molecule has 1 aromatic carbocycles. The molecule has 0 aliphatic heterocycles. The van der Waals surface area contributed by atoms with E-state index in [4.69, 9.17) is 4.74 Å². The second kappa shape index (κ2) is 13.9. The summed E-state index contributed by atoms with van der Waals surface area (Å²) in [6, 6.07) is 6.81. The molecule has 2 amide bonds. The van der Waals surface area contributed by atoms with E-state index in [2.05, 4.69) is 6.92 Å². The van der Waals surface area contributed by atoms with Crippen LogP contribution in [0.3, 0.4) is 0 Å². The van der Waals surface area contributed by atoms with E-state index < -0.39 is 12.0 Å². The normalized spacial score (nSPS) is 12.9. The van der Waals surface area contributed by atoms with Crippen molar-refractivity contribution in [3.05, 3.63) is 29.8 Å². The van der Waals surface area contributed by atoms with Crippen molar-refractivity contribution in [2.24, 2.45) is 5.92 Å². The number of hydrogen-bond donors (Lipinski definition) is 0. The summed E-state index contributed by atoms with van der Waals surface area (Å²) in [7, 11) is 4.98. The number of ketones is 1. The average molecular weight is 447 g/mol. The summed E-state index contributed by atoms with van der Waals surface area (Å²) in [5.41, 5.74) is 0.927. The molecule has 0 N–H and O–H groups in total. The summed E-state index contributed by atoms with van der Waals surface area (Å²) in [5.74, 6) is -0.495. The van der Waals surface area contributed by atoms with Gasteiger partial charge in [-0.05, 0) is 44.9 Å². The molecule has 32 heavy (non-hydrogen) atoms. The predicted molar refractivity (Wildman–Crippen MR) is 129 cm³/mol. The first kappa shape index (κ1) is 27.7. The molecule has 1 rings (SSSR count). The quantitative estimate of drug-likeness (QED) is 0.312. The number of carbonyl (C=O) groups is 3. The molecule has 0 unspecified atom stereocenters. The zero-order chi connectivity index (χ0) is 24.3. The molecular formula is C26H42N2O4. The van der Waals surface area contributed by atoms with Crippen molar-refractivity contribution in [3.63, 3.8) is 0 Å². The van der Waals surface area contributed by atoms with E-state index in [0.29, 0.717) is 12.8 Å². The van der Waals surface area contributed by atoms with Gasteiger partial charge in [0.15, 0.2) is 0 Å². The van der Waals surface area contributed by atoms with Crippen LogP contribution in [0.1, 0.15) is 71.8 Å². The van der Waals surface area contributed by atoms with E-state index in [1.165, 1.54) is 11.3 Å². The Balaban J connectivity index is 2.94. The third-order valence-corrected chi connectivity index (χ3v) is 6.19. The zero-order valence-corrected chi connectivity index (χ0v) is 21.0. The van der Waals surface area contributed by atoms with E-state index >= 15 is 0 Å². The number of amides is 2. The van der Waals surface area contributed by atoms with Crippen LogP contribution in [0, 0.1) is 5.92 Å². The number of Topliss-reactive ketones (excluding diaryl/α,β-unsaturated/α-hetero) is 1. The molecule has 0 spiro atoms. The first-order valence-electron chi connectivity index (χ1n) is 11.8. The standard InChI is InChI=1S/C26H42N2O4/c1-8-9-10-11-12-13-24(29)20(4)25(30)28(6)23(26(31)27(5)19(2)3)18-21-14-16-22(32-7)17-15-21/h14-17,19-20,23H,8-13,18H2,1-7H3/t20-,23+/m0/s1.